The maximum atomic E-state index is 7.46. The van der Waals surface area contributed by atoms with Crippen LogP contribution >= 0.6 is 0 Å². The highest BCUT2D eigenvalue weighted by Crippen LogP contribution is 2.20. The molecule has 1 saturated carbocycles. The summed E-state index contributed by atoms with van der Waals surface area (Å²) in [5.41, 5.74) is 5.56. The second kappa shape index (κ2) is 6.01. The van der Waals surface area contributed by atoms with E-state index in [1.54, 1.807) is 0 Å². The van der Waals surface area contributed by atoms with E-state index in [4.69, 9.17) is 11.1 Å². The molecule has 0 saturated heterocycles. The molecule has 2 heteroatoms. The van der Waals surface area contributed by atoms with Crippen LogP contribution in [0.4, 0.5) is 0 Å². The van der Waals surface area contributed by atoms with Crippen molar-refractivity contribution in [3.8, 4) is 0 Å². The summed E-state index contributed by atoms with van der Waals surface area (Å²) in [6.45, 7) is 0. The van der Waals surface area contributed by atoms with Crippen LogP contribution in [0, 0.1) is 11.3 Å². The number of hydrogen-bond donors (Lipinski definition) is 2. The Morgan fingerprint density at radius 3 is 1.62 bits per heavy atom. The zero-order valence-electron chi connectivity index (χ0n) is 8.52. The van der Waals surface area contributed by atoms with Gasteiger partial charge in [0.15, 0.2) is 0 Å². The van der Waals surface area contributed by atoms with E-state index < -0.39 is 0 Å². The van der Waals surface area contributed by atoms with Crippen LogP contribution in [0.2, 0.25) is 0 Å². The summed E-state index contributed by atoms with van der Waals surface area (Å²) < 4.78 is 0. The normalized spacial score (nSPS) is 22.5. The van der Waals surface area contributed by atoms with E-state index in [0.717, 1.165) is 12.8 Å². The van der Waals surface area contributed by atoms with E-state index in [2.05, 4.69) is 0 Å². The Hall–Kier alpha value is -0.530. The minimum atomic E-state index is 0.387. The first-order valence-electron chi connectivity index (χ1n) is 5.64. The first kappa shape index (κ1) is 10.6. The molecule has 0 aromatic rings. The Morgan fingerprint density at radius 1 is 0.846 bits per heavy atom. The van der Waals surface area contributed by atoms with Gasteiger partial charge in [0.05, 0.1) is 5.84 Å². The van der Waals surface area contributed by atoms with Gasteiger partial charge in [-0.15, -0.1) is 0 Å². The van der Waals surface area contributed by atoms with Crippen molar-refractivity contribution < 1.29 is 0 Å². The summed E-state index contributed by atoms with van der Waals surface area (Å²) in [7, 11) is 0. The van der Waals surface area contributed by atoms with Gasteiger partial charge in [0, 0.05) is 5.92 Å². The lowest BCUT2D eigenvalue weighted by Gasteiger charge is -2.16. The van der Waals surface area contributed by atoms with Gasteiger partial charge in [0.1, 0.15) is 0 Å². The molecule has 1 aliphatic carbocycles. The second-order valence-corrected chi connectivity index (χ2v) is 4.20. The van der Waals surface area contributed by atoms with E-state index in [-0.39, 0.29) is 0 Å². The van der Waals surface area contributed by atoms with Gasteiger partial charge in [0.25, 0.3) is 0 Å². The second-order valence-electron chi connectivity index (χ2n) is 4.20. The van der Waals surface area contributed by atoms with E-state index in [0.29, 0.717) is 11.8 Å². The SMILES string of the molecule is N=C(N)C1CCCCCCCCC1. The summed E-state index contributed by atoms with van der Waals surface area (Å²) in [6, 6.07) is 0. The van der Waals surface area contributed by atoms with Gasteiger partial charge in [-0.2, -0.15) is 0 Å². The van der Waals surface area contributed by atoms with Gasteiger partial charge < -0.3 is 5.73 Å². The van der Waals surface area contributed by atoms with E-state index >= 15 is 0 Å². The molecule has 76 valence electrons. The predicted molar refractivity (Wildman–Crippen MR) is 57.0 cm³/mol. The molecule has 0 aromatic carbocycles. The lowest BCUT2D eigenvalue weighted by molar-refractivity contribution is 0.457. The Balaban J connectivity index is 2.30. The van der Waals surface area contributed by atoms with Crippen LogP contribution in [0.15, 0.2) is 0 Å². The third-order valence-corrected chi connectivity index (χ3v) is 3.04. The molecule has 0 atom stereocenters. The van der Waals surface area contributed by atoms with Crippen molar-refractivity contribution in [1.82, 2.24) is 0 Å². The van der Waals surface area contributed by atoms with Crippen LogP contribution in [-0.2, 0) is 0 Å². The fourth-order valence-corrected chi connectivity index (χ4v) is 2.12. The number of hydrogen-bond acceptors (Lipinski definition) is 1. The molecule has 0 spiro atoms. The molecule has 0 amide bonds. The third-order valence-electron chi connectivity index (χ3n) is 3.04. The molecule has 1 aliphatic rings. The maximum Gasteiger partial charge on any atom is 0.0936 e. The third kappa shape index (κ3) is 4.30. The molecule has 0 aliphatic heterocycles. The van der Waals surface area contributed by atoms with Crippen molar-refractivity contribution in [3.63, 3.8) is 0 Å². The van der Waals surface area contributed by atoms with Crippen LogP contribution < -0.4 is 5.73 Å². The summed E-state index contributed by atoms with van der Waals surface area (Å²) in [5.74, 6) is 0.804. The average molecular weight is 182 g/mol. The highest BCUT2D eigenvalue weighted by molar-refractivity contribution is 5.79. The van der Waals surface area contributed by atoms with Gasteiger partial charge in [-0.05, 0) is 12.8 Å². The molecule has 1 rings (SSSR count). The van der Waals surface area contributed by atoms with Gasteiger partial charge in [0.2, 0.25) is 0 Å². The first-order chi connectivity index (χ1) is 6.30. The zero-order chi connectivity index (χ0) is 9.52. The Morgan fingerprint density at radius 2 is 1.23 bits per heavy atom. The quantitative estimate of drug-likeness (QED) is 0.475. The van der Waals surface area contributed by atoms with Crippen LogP contribution in [0.3, 0.4) is 0 Å². The standard InChI is InChI=1S/C11H22N2/c12-11(13)10-8-6-4-2-1-3-5-7-9-10/h10H,1-9H2,(H3,12,13). The maximum absolute atomic E-state index is 7.46. The lowest BCUT2D eigenvalue weighted by atomic mass is 9.91. The van der Waals surface area contributed by atoms with Crippen LogP contribution in [0.5, 0.6) is 0 Å². The largest absolute Gasteiger partial charge is 0.387 e. The van der Waals surface area contributed by atoms with Crippen molar-refractivity contribution in [1.29, 1.82) is 5.41 Å². The number of nitrogens with one attached hydrogen (secondary N) is 1. The fraction of sp³-hybridized carbons (Fsp3) is 0.909. The number of nitrogens with two attached hydrogens (primary N) is 1. The summed E-state index contributed by atoms with van der Waals surface area (Å²) in [6.07, 6.45) is 11.7. The first-order valence-corrected chi connectivity index (χ1v) is 5.64. The molecule has 0 unspecified atom stereocenters. The Labute approximate surface area is 81.4 Å². The van der Waals surface area contributed by atoms with Crippen molar-refractivity contribution in [3.05, 3.63) is 0 Å². The Kier molecular flexibility index (Phi) is 4.87. The summed E-state index contributed by atoms with van der Waals surface area (Å²) in [5, 5.41) is 7.46. The van der Waals surface area contributed by atoms with Gasteiger partial charge in [-0.3, -0.25) is 5.41 Å². The van der Waals surface area contributed by atoms with Crippen molar-refractivity contribution in [2.45, 2.75) is 57.8 Å². The smallest absolute Gasteiger partial charge is 0.0936 e. The molecule has 13 heavy (non-hydrogen) atoms. The minimum absolute atomic E-state index is 0.387. The van der Waals surface area contributed by atoms with Crippen molar-refractivity contribution in [2.24, 2.45) is 11.7 Å². The molecule has 1 fully saturated rings. The molecule has 2 nitrogen and oxygen atoms in total. The Bertz CT molecular complexity index is 144. The molecule has 0 bridgehead atoms. The zero-order valence-corrected chi connectivity index (χ0v) is 8.52. The monoisotopic (exact) mass is 182 g/mol. The van der Waals surface area contributed by atoms with Gasteiger partial charge in [-0.25, -0.2) is 0 Å². The number of rotatable bonds is 1. The molecular formula is C11H22N2. The average Bonchev–Trinajstić information content (AvgIpc) is 2.14. The van der Waals surface area contributed by atoms with E-state index in [1.165, 1.54) is 44.9 Å². The minimum Gasteiger partial charge on any atom is -0.387 e. The lowest BCUT2D eigenvalue weighted by Crippen LogP contribution is -2.22. The topological polar surface area (TPSA) is 49.9 Å². The highest BCUT2D eigenvalue weighted by Gasteiger charge is 2.12. The molecule has 0 aromatic heterocycles. The predicted octanol–water partition coefficient (Wildman–Crippen LogP) is 3.06. The summed E-state index contributed by atoms with van der Waals surface area (Å²) in [4.78, 5) is 0. The molecule has 0 radical (unpaired) electrons. The van der Waals surface area contributed by atoms with Crippen LogP contribution in [-0.4, -0.2) is 5.84 Å². The number of amidine groups is 1. The molecule has 3 N–H and O–H groups in total. The molecule has 0 heterocycles. The summed E-state index contributed by atoms with van der Waals surface area (Å²) >= 11 is 0. The highest BCUT2D eigenvalue weighted by atomic mass is 14.7. The fourth-order valence-electron chi connectivity index (χ4n) is 2.12. The van der Waals surface area contributed by atoms with Gasteiger partial charge >= 0.3 is 0 Å². The van der Waals surface area contributed by atoms with E-state index in [1.807, 2.05) is 0 Å². The van der Waals surface area contributed by atoms with E-state index in [9.17, 15) is 0 Å². The van der Waals surface area contributed by atoms with Crippen LogP contribution in [0.1, 0.15) is 57.8 Å². The van der Waals surface area contributed by atoms with Crippen molar-refractivity contribution >= 4 is 5.84 Å². The molecular weight excluding hydrogens is 160 g/mol. The van der Waals surface area contributed by atoms with Crippen molar-refractivity contribution in [2.75, 3.05) is 0 Å². The van der Waals surface area contributed by atoms with Crippen LogP contribution in [0.25, 0.3) is 0 Å². The van der Waals surface area contributed by atoms with Gasteiger partial charge in [-0.1, -0.05) is 44.9 Å².